The Kier molecular flexibility index (Phi) is 3.69. The molecule has 1 fully saturated rings. The number of carbonyl (C=O) groups is 1. The number of aryl methyl sites for hydroxylation is 2. The third-order valence-electron chi connectivity index (χ3n) is 4.12. The summed E-state index contributed by atoms with van der Waals surface area (Å²) in [5.41, 5.74) is 4.26. The van der Waals surface area contributed by atoms with E-state index in [4.69, 9.17) is 0 Å². The third-order valence-corrected chi connectivity index (χ3v) is 4.12. The van der Waals surface area contributed by atoms with Crippen LogP contribution in [0.4, 0.5) is 5.69 Å². The standard InChI is InChI=1S/C17H21N3O/c1-13-4-3-5-15(12-13)19-8-10-20(11-9-19)17(21)16-6-7-18-14(16)2/h3-7,12,18H,8-11H2,1-2H3. The summed E-state index contributed by atoms with van der Waals surface area (Å²) in [5, 5.41) is 0. The van der Waals surface area contributed by atoms with Gasteiger partial charge < -0.3 is 14.8 Å². The van der Waals surface area contributed by atoms with Crippen LogP contribution in [0.2, 0.25) is 0 Å². The molecule has 0 aliphatic carbocycles. The lowest BCUT2D eigenvalue weighted by Gasteiger charge is -2.36. The van der Waals surface area contributed by atoms with Gasteiger partial charge in [-0.2, -0.15) is 0 Å². The van der Waals surface area contributed by atoms with Crippen LogP contribution in [0.3, 0.4) is 0 Å². The van der Waals surface area contributed by atoms with Crippen molar-refractivity contribution in [3.05, 3.63) is 53.3 Å². The molecule has 0 spiro atoms. The van der Waals surface area contributed by atoms with E-state index in [9.17, 15) is 4.79 Å². The lowest BCUT2D eigenvalue weighted by atomic mass is 10.1. The first-order valence-corrected chi connectivity index (χ1v) is 7.40. The minimum atomic E-state index is 0.137. The summed E-state index contributed by atoms with van der Waals surface area (Å²) in [6.07, 6.45) is 1.82. The van der Waals surface area contributed by atoms with Gasteiger partial charge >= 0.3 is 0 Å². The topological polar surface area (TPSA) is 39.3 Å². The Bertz CT molecular complexity index is 639. The van der Waals surface area contributed by atoms with Gasteiger partial charge in [-0.1, -0.05) is 12.1 Å². The molecule has 21 heavy (non-hydrogen) atoms. The van der Waals surface area contributed by atoms with Crippen molar-refractivity contribution in [1.82, 2.24) is 9.88 Å². The summed E-state index contributed by atoms with van der Waals surface area (Å²) < 4.78 is 0. The molecule has 1 saturated heterocycles. The van der Waals surface area contributed by atoms with Crippen LogP contribution in [0.5, 0.6) is 0 Å². The summed E-state index contributed by atoms with van der Waals surface area (Å²) in [6, 6.07) is 10.4. The number of piperazine rings is 1. The molecule has 3 rings (SSSR count). The molecule has 2 heterocycles. The molecule has 0 unspecified atom stereocenters. The van der Waals surface area contributed by atoms with Crippen LogP contribution < -0.4 is 4.90 Å². The highest BCUT2D eigenvalue weighted by Gasteiger charge is 2.23. The second-order valence-electron chi connectivity index (χ2n) is 5.63. The highest BCUT2D eigenvalue weighted by Crippen LogP contribution is 2.19. The van der Waals surface area contributed by atoms with Gasteiger partial charge in [0.25, 0.3) is 5.91 Å². The number of carbonyl (C=O) groups excluding carboxylic acids is 1. The first kappa shape index (κ1) is 13.7. The lowest BCUT2D eigenvalue weighted by Crippen LogP contribution is -2.48. The summed E-state index contributed by atoms with van der Waals surface area (Å²) >= 11 is 0. The molecular weight excluding hydrogens is 262 g/mol. The number of anilines is 1. The molecule has 1 aromatic heterocycles. The Morgan fingerprint density at radius 1 is 1.10 bits per heavy atom. The molecule has 0 saturated carbocycles. The van der Waals surface area contributed by atoms with Gasteiger partial charge in [0, 0.05) is 43.8 Å². The summed E-state index contributed by atoms with van der Waals surface area (Å²) in [7, 11) is 0. The summed E-state index contributed by atoms with van der Waals surface area (Å²) in [5.74, 6) is 0.137. The molecule has 0 radical (unpaired) electrons. The molecule has 1 N–H and O–H groups in total. The largest absolute Gasteiger partial charge is 0.368 e. The van der Waals surface area contributed by atoms with E-state index in [1.807, 2.05) is 24.1 Å². The van der Waals surface area contributed by atoms with Crippen molar-refractivity contribution in [3.63, 3.8) is 0 Å². The van der Waals surface area contributed by atoms with Crippen molar-refractivity contribution >= 4 is 11.6 Å². The maximum Gasteiger partial charge on any atom is 0.255 e. The van der Waals surface area contributed by atoms with Crippen LogP contribution in [-0.2, 0) is 0 Å². The van der Waals surface area contributed by atoms with E-state index in [-0.39, 0.29) is 5.91 Å². The molecule has 0 atom stereocenters. The molecule has 2 aromatic rings. The van der Waals surface area contributed by atoms with E-state index in [0.29, 0.717) is 0 Å². The summed E-state index contributed by atoms with van der Waals surface area (Å²) in [6.45, 7) is 7.38. The molecule has 1 aromatic carbocycles. The Morgan fingerprint density at radius 2 is 1.86 bits per heavy atom. The van der Waals surface area contributed by atoms with Gasteiger partial charge in [0.2, 0.25) is 0 Å². The highest BCUT2D eigenvalue weighted by molar-refractivity contribution is 5.95. The average Bonchev–Trinajstić information content (AvgIpc) is 2.93. The van der Waals surface area contributed by atoms with Crippen molar-refractivity contribution in [2.45, 2.75) is 13.8 Å². The number of aromatic amines is 1. The predicted molar refractivity (Wildman–Crippen MR) is 84.8 cm³/mol. The summed E-state index contributed by atoms with van der Waals surface area (Å²) in [4.78, 5) is 19.8. The fraction of sp³-hybridized carbons (Fsp3) is 0.353. The van der Waals surface area contributed by atoms with Gasteiger partial charge in [-0.3, -0.25) is 4.79 Å². The number of nitrogens with zero attached hydrogens (tertiary/aromatic N) is 2. The molecular formula is C17H21N3O. The Balaban J connectivity index is 1.65. The van der Waals surface area contributed by atoms with Crippen LogP contribution in [0, 0.1) is 13.8 Å². The van der Waals surface area contributed by atoms with E-state index in [0.717, 1.165) is 37.4 Å². The molecule has 1 aliphatic heterocycles. The third kappa shape index (κ3) is 2.79. The monoisotopic (exact) mass is 283 g/mol. The predicted octanol–water partition coefficient (Wildman–Crippen LogP) is 2.59. The van der Waals surface area contributed by atoms with E-state index in [2.05, 4.69) is 41.1 Å². The molecule has 110 valence electrons. The fourth-order valence-corrected chi connectivity index (χ4v) is 2.85. The first-order chi connectivity index (χ1) is 10.1. The maximum absolute atomic E-state index is 12.5. The normalized spacial score (nSPS) is 15.3. The Labute approximate surface area is 125 Å². The van der Waals surface area contributed by atoms with E-state index in [1.54, 1.807) is 0 Å². The van der Waals surface area contributed by atoms with Gasteiger partial charge in [-0.25, -0.2) is 0 Å². The number of H-pyrrole nitrogens is 1. The van der Waals surface area contributed by atoms with Crippen molar-refractivity contribution in [2.24, 2.45) is 0 Å². The number of benzene rings is 1. The Hall–Kier alpha value is -2.23. The second kappa shape index (κ2) is 5.64. The first-order valence-electron chi connectivity index (χ1n) is 7.40. The highest BCUT2D eigenvalue weighted by atomic mass is 16.2. The van der Waals surface area contributed by atoms with Crippen molar-refractivity contribution < 1.29 is 4.79 Å². The van der Waals surface area contributed by atoms with Crippen molar-refractivity contribution in [2.75, 3.05) is 31.1 Å². The van der Waals surface area contributed by atoms with E-state index < -0.39 is 0 Å². The Morgan fingerprint density at radius 3 is 2.48 bits per heavy atom. The maximum atomic E-state index is 12.5. The number of rotatable bonds is 2. The van der Waals surface area contributed by atoms with Crippen molar-refractivity contribution in [3.8, 4) is 0 Å². The second-order valence-corrected chi connectivity index (χ2v) is 5.63. The molecule has 0 bridgehead atoms. The van der Waals surface area contributed by atoms with Gasteiger partial charge in [0.1, 0.15) is 0 Å². The zero-order chi connectivity index (χ0) is 14.8. The van der Waals surface area contributed by atoms with Crippen LogP contribution in [0.15, 0.2) is 36.5 Å². The van der Waals surface area contributed by atoms with Crippen LogP contribution >= 0.6 is 0 Å². The lowest BCUT2D eigenvalue weighted by molar-refractivity contribution is 0.0746. The van der Waals surface area contributed by atoms with Crippen LogP contribution in [-0.4, -0.2) is 42.0 Å². The molecule has 4 heteroatoms. The number of amides is 1. The van der Waals surface area contributed by atoms with Crippen LogP contribution in [0.25, 0.3) is 0 Å². The number of aromatic nitrogens is 1. The van der Waals surface area contributed by atoms with Gasteiger partial charge in [0.15, 0.2) is 0 Å². The molecule has 1 amide bonds. The van der Waals surface area contributed by atoms with Crippen LogP contribution in [0.1, 0.15) is 21.6 Å². The number of hydrogen-bond acceptors (Lipinski definition) is 2. The van der Waals surface area contributed by atoms with E-state index >= 15 is 0 Å². The van der Waals surface area contributed by atoms with Gasteiger partial charge in [-0.15, -0.1) is 0 Å². The average molecular weight is 283 g/mol. The number of nitrogens with one attached hydrogen (secondary N) is 1. The zero-order valence-corrected chi connectivity index (χ0v) is 12.6. The molecule has 4 nitrogen and oxygen atoms in total. The zero-order valence-electron chi connectivity index (χ0n) is 12.6. The smallest absolute Gasteiger partial charge is 0.255 e. The minimum absolute atomic E-state index is 0.137. The number of hydrogen-bond donors (Lipinski definition) is 1. The van der Waals surface area contributed by atoms with Gasteiger partial charge in [-0.05, 0) is 37.6 Å². The SMILES string of the molecule is Cc1cccc(N2CCN(C(=O)c3cc[nH]c3C)CC2)c1. The quantitative estimate of drug-likeness (QED) is 0.920. The van der Waals surface area contributed by atoms with E-state index in [1.165, 1.54) is 11.3 Å². The molecule has 1 aliphatic rings. The minimum Gasteiger partial charge on any atom is -0.368 e. The van der Waals surface area contributed by atoms with Crippen molar-refractivity contribution in [1.29, 1.82) is 0 Å². The fourth-order valence-electron chi connectivity index (χ4n) is 2.85. The van der Waals surface area contributed by atoms with Gasteiger partial charge in [0.05, 0.1) is 5.56 Å².